The number of fused-ring (bicyclic) bond motifs is 1. The van der Waals surface area contributed by atoms with Crippen LogP contribution in [0.3, 0.4) is 0 Å². The maximum atomic E-state index is 12.1. The Bertz CT molecular complexity index is 901. The van der Waals surface area contributed by atoms with Crippen molar-refractivity contribution in [3.63, 3.8) is 0 Å². The molecule has 0 atom stereocenters. The highest BCUT2D eigenvalue weighted by atomic mass is 127. The van der Waals surface area contributed by atoms with Crippen LogP contribution in [-0.2, 0) is 6.54 Å². The van der Waals surface area contributed by atoms with Gasteiger partial charge in [-0.15, -0.1) is 11.3 Å². The van der Waals surface area contributed by atoms with Crippen LogP contribution in [0.15, 0.2) is 41.6 Å². The number of aromatic nitrogens is 2. The fourth-order valence-corrected chi connectivity index (χ4v) is 3.66. The molecule has 0 unspecified atom stereocenters. The lowest BCUT2D eigenvalue weighted by atomic mass is 10.1. The number of halogens is 1. The van der Waals surface area contributed by atoms with Gasteiger partial charge in [0.05, 0.1) is 16.4 Å². The molecule has 21 heavy (non-hydrogen) atoms. The number of nitrogens with zero attached hydrogens (tertiary/aromatic N) is 2. The van der Waals surface area contributed by atoms with Gasteiger partial charge in [0.25, 0.3) is 5.56 Å². The molecule has 0 bridgehead atoms. The van der Waals surface area contributed by atoms with Crippen LogP contribution in [-0.4, -0.2) is 20.6 Å². The quantitative estimate of drug-likeness (QED) is 0.672. The van der Waals surface area contributed by atoms with Crippen LogP contribution in [0.25, 0.3) is 10.1 Å². The van der Waals surface area contributed by atoms with Gasteiger partial charge >= 0.3 is 5.97 Å². The monoisotopic (exact) mass is 412 g/mol. The summed E-state index contributed by atoms with van der Waals surface area (Å²) in [6, 6.07) is 7.49. The molecule has 2 aromatic heterocycles. The van der Waals surface area contributed by atoms with E-state index in [1.54, 1.807) is 0 Å². The number of hydrogen-bond donors (Lipinski definition) is 1. The number of thiophene rings is 1. The molecular formula is C14H9IN2O3S. The molecule has 106 valence electrons. The Kier molecular flexibility index (Phi) is 3.77. The van der Waals surface area contributed by atoms with E-state index in [0.29, 0.717) is 9.13 Å². The highest BCUT2D eigenvalue weighted by Crippen LogP contribution is 2.31. The second-order valence-electron chi connectivity index (χ2n) is 4.39. The molecule has 0 aliphatic heterocycles. The number of carboxylic acids is 1. The molecule has 1 aromatic carbocycles. The number of aromatic carboxylic acids is 1. The molecule has 0 saturated carbocycles. The Hall–Kier alpha value is -1.74. The minimum absolute atomic E-state index is 0.169. The van der Waals surface area contributed by atoms with Crippen LogP contribution in [0.2, 0.25) is 0 Å². The molecule has 0 aliphatic rings. The van der Waals surface area contributed by atoms with E-state index in [4.69, 9.17) is 0 Å². The average Bonchev–Trinajstić information content (AvgIpc) is 2.83. The Morgan fingerprint density at radius 3 is 2.90 bits per heavy atom. The molecule has 3 rings (SSSR count). The maximum absolute atomic E-state index is 12.1. The van der Waals surface area contributed by atoms with Gasteiger partial charge in [-0.25, -0.2) is 9.78 Å². The van der Waals surface area contributed by atoms with Gasteiger partial charge in [0.2, 0.25) is 0 Å². The first-order valence-corrected chi connectivity index (χ1v) is 7.91. The summed E-state index contributed by atoms with van der Waals surface area (Å²) in [6.07, 6.45) is 2.92. The number of carbonyl (C=O) groups is 1. The zero-order valence-electron chi connectivity index (χ0n) is 10.6. The molecule has 7 heteroatoms. The lowest BCUT2D eigenvalue weighted by molar-refractivity contribution is 0.0701. The van der Waals surface area contributed by atoms with Crippen molar-refractivity contribution in [2.75, 3.05) is 0 Å². The zero-order valence-corrected chi connectivity index (χ0v) is 13.6. The van der Waals surface area contributed by atoms with Crippen LogP contribution in [0.1, 0.15) is 15.2 Å². The Balaban J connectivity index is 2.19. The third-order valence-corrected chi connectivity index (χ3v) is 5.02. The van der Waals surface area contributed by atoms with Crippen LogP contribution in [0, 0.1) is 3.57 Å². The lowest BCUT2D eigenvalue weighted by Gasteiger charge is -2.06. The molecule has 1 N–H and O–H groups in total. The summed E-state index contributed by atoms with van der Waals surface area (Å²) in [5.41, 5.74) is 0.478. The van der Waals surface area contributed by atoms with Gasteiger partial charge in [-0.1, -0.05) is 18.2 Å². The van der Waals surface area contributed by atoms with Gasteiger partial charge in [-0.3, -0.25) is 9.36 Å². The number of benzene rings is 1. The summed E-state index contributed by atoms with van der Waals surface area (Å²) in [4.78, 5) is 27.8. The first-order valence-electron chi connectivity index (χ1n) is 6.01. The normalized spacial score (nSPS) is 10.9. The van der Waals surface area contributed by atoms with E-state index in [1.165, 1.54) is 28.4 Å². The van der Waals surface area contributed by atoms with Gasteiger partial charge in [0.1, 0.15) is 4.88 Å². The van der Waals surface area contributed by atoms with E-state index in [1.807, 2.05) is 46.9 Å². The summed E-state index contributed by atoms with van der Waals surface area (Å²) < 4.78 is 2.84. The highest BCUT2D eigenvalue weighted by molar-refractivity contribution is 14.1. The molecule has 5 nitrogen and oxygen atoms in total. The maximum Gasteiger partial charge on any atom is 0.346 e. The summed E-state index contributed by atoms with van der Waals surface area (Å²) in [6.45, 7) is 0.203. The van der Waals surface area contributed by atoms with Crippen LogP contribution in [0.5, 0.6) is 0 Å². The first kappa shape index (κ1) is 14.2. The second kappa shape index (κ2) is 5.57. The van der Waals surface area contributed by atoms with Crippen molar-refractivity contribution in [2.45, 2.75) is 6.54 Å². The SMILES string of the molecule is O=C(O)c1sc2ccccc2c1Cn1cncc(I)c1=O. The van der Waals surface area contributed by atoms with Gasteiger partial charge in [-0.2, -0.15) is 0 Å². The lowest BCUT2D eigenvalue weighted by Crippen LogP contribution is -2.23. The van der Waals surface area contributed by atoms with Crippen molar-refractivity contribution >= 4 is 50.0 Å². The smallest absolute Gasteiger partial charge is 0.346 e. The van der Waals surface area contributed by atoms with E-state index in [9.17, 15) is 14.7 Å². The van der Waals surface area contributed by atoms with Crippen molar-refractivity contribution < 1.29 is 9.90 Å². The van der Waals surface area contributed by atoms with Crippen LogP contribution in [0.4, 0.5) is 0 Å². The third kappa shape index (κ3) is 2.58. The topological polar surface area (TPSA) is 72.2 Å². The fraction of sp³-hybridized carbons (Fsp3) is 0.0714. The molecule has 2 heterocycles. The predicted octanol–water partition coefficient (Wildman–Crippen LogP) is 2.81. The van der Waals surface area contributed by atoms with E-state index < -0.39 is 5.97 Å². The third-order valence-electron chi connectivity index (χ3n) is 3.08. The second-order valence-corrected chi connectivity index (χ2v) is 6.60. The van der Waals surface area contributed by atoms with Crippen molar-refractivity contribution in [1.29, 1.82) is 0 Å². The summed E-state index contributed by atoms with van der Waals surface area (Å²) >= 11 is 3.15. The van der Waals surface area contributed by atoms with E-state index >= 15 is 0 Å². The summed E-state index contributed by atoms with van der Waals surface area (Å²) in [5, 5.41) is 10.2. The molecule has 0 fully saturated rings. The highest BCUT2D eigenvalue weighted by Gasteiger charge is 2.18. The Morgan fingerprint density at radius 1 is 1.38 bits per heavy atom. The van der Waals surface area contributed by atoms with E-state index in [-0.39, 0.29) is 17.0 Å². The Labute approximate surface area is 137 Å². The van der Waals surface area contributed by atoms with Crippen molar-refractivity contribution in [3.05, 3.63) is 61.2 Å². The minimum atomic E-state index is -0.974. The molecule has 0 spiro atoms. The first-order chi connectivity index (χ1) is 10.1. The molecule has 0 amide bonds. The Morgan fingerprint density at radius 2 is 2.14 bits per heavy atom. The summed E-state index contributed by atoms with van der Waals surface area (Å²) in [5.74, 6) is -0.974. The minimum Gasteiger partial charge on any atom is -0.477 e. The number of rotatable bonds is 3. The van der Waals surface area contributed by atoms with Crippen LogP contribution < -0.4 is 5.56 Å². The van der Waals surface area contributed by atoms with Gasteiger partial charge in [0.15, 0.2) is 0 Å². The largest absolute Gasteiger partial charge is 0.477 e. The summed E-state index contributed by atoms with van der Waals surface area (Å²) in [7, 11) is 0. The van der Waals surface area contributed by atoms with Gasteiger partial charge in [-0.05, 0) is 34.0 Å². The molecule has 0 saturated heterocycles. The van der Waals surface area contributed by atoms with E-state index in [0.717, 1.165) is 10.1 Å². The van der Waals surface area contributed by atoms with Crippen molar-refractivity contribution in [1.82, 2.24) is 9.55 Å². The van der Waals surface area contributed by atoms with Gasteiger partial charge < -0.3 is 5.11 Å². The molecule has 0 aliphatic carbocycles. The number of carboxylic acid groups (broad SMARTS) is 1. The standard InChI is InChI=1S/C14H9IN2O3S/c15-10-5-16-7-17(13(10)18)6-9-8-3-1-2-4-11(8)21-12(9)14(19)20/h1-5,7H,6H2,(H,19,20). The zero-order chi connectivity index (χ0) is 15.0. The fourth-order valence-electron chi connectivity index (χ4n) is 2.14. The molecule has 0 radical (unpaired) electrons. The molecule has 3 aromatic rings. The number of hydrogen-bond acceptors (Lipinski definition) is 4. The van der Waals surface area contributed by atoms with Gasteiger partial charge in [0, 0.05) is 16.5 Å². The molecular weight excluding hydrogens is 403 g/mol. The van der Waals surface area contributed by atoms with Crippen molar-refractivity contribution in [2.24, 2.45) is 0 Å². The average molecular weight is 412 g/mol. The van der Waals surface area contributed by atoms with Crippen molar-refractivity contribution in [3.8, 4) is 0 Å². The predicted molar refractivity (Wildman–Crippen MR) is 89.1 cm³/mol. The van der Waals surface area contributed by atoms with Crippen LogP contribution >= 0.6 is 33.9 Å². The van der Waals surface area contributed by atoms with E-state index in [2.05, 4.69) is 4.98 Å².